The van der Waals surface area contributed by atoms with Gasteiger partial charge in [0.2, 0.25) is 0 Å². The van der Waals surface area contributed by atoms with Crippen molar-refractivity contribution >= 4 is 11.9 Å². The first-order chi connectivity index (χ1) is 7.97. The van der Waals surface area contributed by atoms with E-state index in [2.05, 4.69) is 0 Å². The van der Waals surface area contributed by atoms with Crippen LogP contribution >= 0.6 is 0 Å². The minimum absolute atomic E-state index is 0.222. The van der Waals surface area contributed by atoms with E-state index >= 15 is 0 Å². The predicted molar refractivity (Wildman–Crippen MR) is 62.5 cm³/mol. The smallest absolute Gasteiger partial charge is 0.303 e. The monoisotopic (exact) mass is 245 g/mol. The van der Waals surface area contributed by atoms with E-state index in [0.717, 1.165) is 5.76 Å². The molecule has 0 bridgehead atoms. The van der Waals surface area contributed by atoms with Gasteiger partial charge in [-0.2, -0.15) is 0 Å². The molecule has 17 heavy (non-hydrogen) atoms. The van der Waals surface area contributed by atoms with Gasteiger partial charge in [-0.15, -0.1) is 0 Å². The van der Waals surface area contributed by atoms with Crippen molar-refractivity contribution in [2.24, 2.45) is 5.73 Å². The molecule has 0 saturated carbocycles. The second kappa shape index (κ2) is 12.3. The van der Waals surface area contributed by atoms with E-state index in [4.69, 9.17) is 20.4 Å². The standard InChI is InChI=1S/C5H7NO.2C3H6O2/c6-4-5-2-1-3-7-5;2*1-2-3(4)5/h1-3H,4,6H2;2*2H2,1H3,(H,4,5). The van der Waals surface area contributed by atoms with Crippen LogP contribution in [0, 0.1) is 0 Å². The summed E-state index contributed by atoms with van der Waals surface area (Å²) in [6.07, 6.45) is 2.06. The third kappa shape index (κ3) is 16.8. The summed E-state index contributed by atoms with van der Waals surface area (Å²) < 4.78 is 4.86. The molecule has 0 atom stereocenters. The number of furan rings is 1. The normalized spacial score (nSPS) is 8.18. The Kier molecular flexibility index (Phi) is 12.7. The lowest BCUT2D eigenvalue weighted by Gasteiger charge is -1.80. The number of carbonyl (C=O) groups is 2. The van der Waals surface area contributed by atoms with Crippen molar-refractivity contribution < 1.29 is 24.2 Å². The van der Waals surface area contributed by atoms with Crippen molar-refractivity contribution in [3.63, 3.8) is 0 Å². The Balaban J connectivity index is 0. The molecule has 1 aromatic rings. The molecule has 0 aliphatic rings. The van der Waals surface area contributed by atoms with Gasteiger partial charge in [-0.1, -0.05) is 13.8 Å². The molecule has 1 aromatic heterocycles. The van der Waals surface area contributed by atoms with Crippen molar-refractivity contribution in [3.05, 3.63) is 24.2 Å². The summed E-state index contributed by atoms with van der Waals surface area (Å²) in [4.78, 5) is 18.7. The number of aliphatic carboxylic acids is 2. The van der Waals surface area contributed by atoms with Gasteiger partial charge in [0.05, 0.1) is 12.8 Å². The summed E-state index contributed by atoms with van der Waals surface area (Å²) in [6, 6.07) is 3.67. The fourth-order valence-electron chi connectivity index (χ4n) is 0.429. The topological polar surface area (TPSA) is 114 Å². The first-order valence-corrected chi connectivity index (χ1v) is 5.13. The summed E-state index contributed by atoms with van der Waals surface area (Å²) >= 11 is 0. The fraction of sp³-hybridized carbons (Fsp3) is 0.455. The molecule has 0 aromatic carbocycles. The average Bonchev–Trinajstić information content (AvgIpc) is 2.83. The van der Waals surface area contributed by atoms with Crippen LogP contribution in [0.3, 0.4) is 0 Å². The van der Waals surface area contributed by atoms with Crippen LogP contribution in [0.1, 0.15) is 32.4 Å². The van der Waals surface area contributed by atoms with Gasteiger partial charge < -0.3 is 20.4 Å². The number of carboxylic acids is 2. The van der Waals surface area contributed by atoms with Gasteiger partial charge in [-0.3, -0.25) is 9.59 Å². The molecule has 0 amide bonds. The summed E-state index contributed by atoms with van der Waals surface area (Å²) in [7, 11) is 0. The van der Waals surface area contributed by atoms with Crippen LogP contribution in [0.15, 0.2) is 22.8 Å². The maximum absolute atomic E-state index is 9.37. The molecule has 0 fully saturated rings. The van der Waals surface area contributed by atoms with Crippen LogP contribution in [-0.2, 0) is 16.1 Å². The lowest BCUT2D eigenvalue weighted by Crippen LogP contribution is -1.92. The van der Waals surface area contributed by atoms with Crippen molar-refractivity contribution in [3.8, 4) is 0 Å². The van der Waals surface area contributed by atoms with Crippen LogP contribution in [0.2, 0.25) is 0 Å². The summed E-state index contributed by atoms with van der Waals surface area (Å²) in [5.41, 5.74) is 5.20. The van der Waals surface area contributed by atoms with Gasteiger partial charge in [0.25, 0.3) is 0 Å². The van der Waals surface area contributed by atoms with E-state index in [9.17, 15) is 9.59 Å². The van der Waals surface area contributed by atoms with E-state index in [0.29, 0.717) is 6.54 Å². The molecule has 0 spiro atoms. The second-order valence-corrected chi connectivity index (χ2v) is 2.78. The molecule has 4 N–H and O–H groups in total. The number of rotatable bonds is 3. The number of nitrogens with two attached hydrogens (primary N) is 1. The Morgan fingerprint density at radius 1 is 1.24 bits per heavy atom. The van der Waals surface area contributed by atoms with Crippen molar-refractivity contribution in [1.29, 1.82) is 0 Å². The van der Waals surface area contributed by atoms with Gasteiger partial charge >= 0.3 is 11.9 Å². The quantitative estimate of drug-likeness (QED) is 0.746. The predicted octanol–water partition coefficient (Wildman–Crippen LogP) is 1.70. The molecule has 98 valence electrons. The van der Waals surface area contributed by atoms with Gasteiger partial charge in [-0.25, -0.2) is 0 Å². The molecule has 1 heterocycles. The van der Waals surface area contributed by atoms with Crippen molar-refractivity contribution in [1.82, 2.24) is 0 Å². The van der Waals surface area contributed by atoms with Gasteiger partial charge in [0.15, 0.2) is 0 Å². The molecule has 1 rings (SSSR count). The minimum atomic E-state index is -0.745. The Hall–Kier alpha value is -1.82. The summed E-state index contributed by atoms with van der Waals surface area (Å²) in [6.45, 7) is 3.69. The van der Waals surface area contributed by atoms with Crippen LogP contribution in [-0.4, -0.2) is 22.2 Å². The summed E-state index contributed by atoms with van der Waals surface area (Å²) in [5, 5.41) is 15.4. The van der Waals surface area contributed by atoms with Gasteiger partial charge in [-0.05, 0) is 12.1 Å². The lowest BCUT2D eigenvalue weighted by atomic mass is 10.5. The molecule has 6 nitrogen and oxygen atoms in total. The highest BCUT2D eigenvalue weighted by Crippen LogP contribution is 1.95. The second-order valence-electron chi connectivity index (χ2n) is 2.78. The largest absolute Gasteiger partial charge is 0.481 e. The van der Waals surface area contributed by atoms with Crippen molar-refractivity contribution in [2.45, 2.75) is 33.2 Å². The number of hydrogen-bond acceptors (Lipinski definition) is 4. The van der Waals surface area contributed by atoms with E-state index in [1.165, 1.54) is 0 Å². The highest BCUT2D eigenvalue weighted by atomic mass is 16.4. The van der Waals surface area contributed by atoms with Gasteiger partial charge in [0, 0.05) is 12.8 Å². The van der Waals surface area contributed by atoms with Gasteiger partial charge in [0.1, 0.15) is 5.76 Å². The lowest BCUT2D eigenvalue weighted by molar-refractivity contribution is -0.137. The Morgan fingerprint density at radius 2 is 1.65 bits per heavy atom. The molecule has 0 saturated heterocycles. The van der Waals surface area contributed by atoms with Crippen molar-refractivity contribution in [2.75, 3.05) is 0 Å². The SMILES string of the molecule is CCC(=O)O.CCC(=O)O.NCc1ccco1. The van der Waals surface area contributed by atoms with E-state index in [-0.39, 0.29) is 12.8 Å². The average molecular weight is 245 g/mol. The Morgan fingerprint density at radius 3 is 1.76 bits per heavy atom. The molecule has 0 aliphatic heterocycles. The number of hydrogen-bond donors (Lipinski definition) is 3. The molecule has 0 unspecified atom stereocenters. The van der Waals surface area contributed by atoms with E-state index in [1.54, 1.807) is 20.1 Å². The first kappa shape index (κ1) is 17.6. The molecule has 6 heteroatoms. The van der Waals surface area contributed by atoms with Crippen LogP contribution < -0.4 is 5.73 Å². The molecule has 0 radical (unpaired) electrons. The third-order valence-electron chi connectivity index (χ3n) is 1.39. The number of carboxylic acid groups (broad SMARTS) is 2. The van der Waals surface area contributed by atoms with E-state index in [1.807, 2.05) is 12.1 Å². The maximum atomic E-state index is 9.37. The molecule has 0 aliphatic carbocycles. The Bertz CT molecular complexity index is 281. The zero-order valence-electron chi connectivity index (χ0n) is 10.0. The third-order valence-corrected chi connectivity index (χ3v) is 1.39. The zero-order valence-corrected chi connectivity index (χ0v) is 10.0. The fourth-order valence-corrected chi connectivity index (χ4v) is 0.429. The van der Waals surface area contributed by atoms with Crippen LogP contribution in [0.5, 0.6) is 0 Å². The highest BCUT2D eigenvalue weighted by molar-refractivity contribution is 5.66. The summed E-state index contributed by atoms with van der Waals surface area (Å²) in [5.74, 6) is -0.657. The van der Waals surface area contributed by atoms with E-state index < -0.39 is 11.9 Å². The van der Waals surface area contributed by atoms with Crippen LogP contribution in [0.4, 0.5) is 0 Å². The molecular formula is C11H19NO5. The van der Waals surface area contributed by atoms with Crippen LogP contribution in [0.25, 0.3) is 0 Å². The first-order valence-electron chi connectivity index (χ1n) is 5.13. The molecular weight excluding hydrogens is 226 g/mol. The highest BCUT2D eigenvalue weighted by Gasteiger charge is 1.84. The Labute approximate surface area is 100 Å². The minimum Gasteiger partial charge on any atom is -0.481 e. The zero-order chi connectivity index (χ0) is 13.7. The maximum Gasteiger partial charge on any atom is 0.303 e.